The summed E-state index contributed by atoms with van der Waals surface area (Å²) in [6, 6.07) is 12.5. The predicted octanol–water partition coefficient (Wildman–Crippen LogP) is 5.68. The molecule has 2 amide bonds. The predicted molar refractivity (Wildman–Crippen MR) is 185 cm³/mol. The van der Waals surface area contributed by atoms with Crippen LogP contribution in [0.3, 0.4) is 0 Å². The maximum Gasteiger partial charge on any atom is 0.495 e. The number of nitrogens with zero attached hydrogens (tertiary/aromatic N) is 3. The van der Waals surface area contributed by atoms with E-state index in [0.717, 1.165) is 40.9 Å². The molecule has 2 bridgehead atoms. The first-order valence-electron chi connectivity index (χ1n) is 17.0. The molecule has 2 unspecified atom stereocenters. The quantitative estimate of drug-likeness (QED) is 0.250. The molecule has 10 nitrogen and oxygen atoms in total. The number of hydrogen-bond acceptors (Lipinski definition) is 7. The smallest absolute Gasteiger partial charge is 0.453 e. The van der Waals surface area contributed by atoms with Crippen LogP contribution in [0.1, 0.15) is 89.5 Å². The van der Waals surface area contributed by atoms with Crippen molar-refractivity contribution in [1.82, 2.24) is 25.1 Å². The highest BCUT2D eigenvalue weighted by Gasteiger charge is 2.54. The molecule has 3 aromatic rings. The second-order valence-electron chi connectivity index (χ2n) is 14.9. The lowest BCUT2D eigenvalue weighted by atomic mass is 9.71. The molecule has 0 aliphatic carbocycles. The lowest BCUT2D eigenvalue weighted by molar-refractivity contribution is -0.135. The third-order valence-corrected chi connectivity index (χ3v) is 11.1. The molecular formula is C37H46BN5O5. The van der Waals surface area contributed by atoms with Gasteiger partial charge in [0.15, 0.2) is 0 Å². The van der Waals surface area contributed by atoms with E-state index in [0.29, 0.717) is 6.54 Å². The van der Waals surface area contributed by atoms with Crippen LogP contribution in [0.25, 0.3) is 22.4 Å². The van der Waals surface area contributed by atoms with Gasteiger partial charge in [-0.2, -0.15) is 0 Å². The van der Waals surface area contributed by atoms with Gasteiger partial charge in [0.1, 0.15) is 11.9 Å². The zero-order chi connectivity index (χ0) is 34.1. The number of rotatable bonds is 7. The van der Waals surface area contributed by atoms with Gasteiger partial charge < -0.3 is 29.2 Å². The normalized spacial score (nSPS) is 24.4. The lowest BCUT2D eigenvalue weighted by Gasteiger charge is -2.32. The summed E-state index contributed by atoms with van der Waals surface area (Å²) < 4.78 is 17.8. The summed E-state index contributed by atoms with van der Waals surface area (Å²) >= 11 is 0. The zero-order valence-corrected chi connectivity index (χ0v) is 29.2. The highest BCUT2D eigenvalue weighted by Crippen LogP contribution is 2.51. The van der Waals surface area contributed by atoms with Crippen molar-refractivity contribution in [1.29, 1.82) is 0 Å². The van der Waals surface area contributed by atoms with E-state index in [1.54, 1.807) is 0 Å². The number of ether oxygens (including phenoxy) is 1. The number of methoxy groups -OCH3 is 1. The van der Waals surface area contributed by atoms with Crippen molar-refractivity contribution < 1.29 is 23.6 Å². The van der Waals surface area contributed by atoms with Crippen LogP contribution in [0.2, 0.25) is 0 Å². The summed E-state index contributed by atoms with van der Waals surface area (Å²) in [6.45, 7) is 12.8. The Hall–Kier alpha value is -3.93. The van der Waals surface area contributed by atoms with Crippen molar-refractivity contribution in [2.45, 2.75) is 89.8 Å². The van der Waals surface area contributed by atoms with Crippen LogP contribution in [0.4, 0.5) is 4.79 Å². The van der Waals surface area contributed by atoms with Crippen molar-refractivity contribution in [3.8, 4) is 22.4 Å². The van der Waals surface area contributed by atoms with Crippen molar-refractivity contribution in [2.75, 3.05) is 20.7 Å². The number of hydrogen-bond donors (Lipinski definition) is 2. The molecule has 2 aromatic carbocycles. The fraction of sp³-hybridized carbons (Fsp3) is 0.486. The number of amides is 2. The molecule has 4 atom stereocenters. The first-order chi connectivity index (χ1) is 22.8. The van der Waals surface area contributed by atoms with E-state index in [9.17, 15) is 9.59 Å². The Kier molecular flexibility index (Phi) is 8.08. The molecule has 4 aliphatic heterocycles. The number of H-pyrrole nitrogens is 1. The number of benzene rings is 2. The van der Waals surface area contributed by atoms with Crippen molar-refractivity contribution in [3.63, 3.8) is 0 Å². The van der Waals surface area contributed by atoms with E-state index in [-0.39, 0.29) is 30.0 Å². The number of imidazole rings is 1. The number of alkyl carbamates (subject to hydrolysis) is 1. The molecule has 5 heterocycles. The van der Waals surface area contributed by atoms with E-state index in [2.05, 4.69) is 98.5 Å². The van der Waals surface area contributed by atoms with E-state index in [4.69, 9.17) is 19.0 Å². The summed E-state index contributed by atoms with van der Waals surface area (Å²) in [4.78, 5) is 38.0. The van der Waals surface area contributed by atoms with Crippen LogP contribution in [-0.2, 0) is 18.8 Å². The molecule has 2 fully saturated rings. The van der Waals surface area contributed by atoms with Gasteiger partial charge in [-0.1, -0.05) is 62.4 Å². The van der Waals surface area contributed by atoms with Crippen LogP contribution in [0.5, 0.6) is 0 Å². The first-order valence-corrected chi connectivity index (χ1v) is 17.0. The minimum absolute atomic E-state index is 0.0868. The SMILES string of the molecule is COC(=O)N[C@H](C(=O)N1CCC[C@H]1c1ncc(-c2ccc(-c3ccc(B4OC(C)(C)C(C)(C)O4)c4c3C3C=CC4N3C)cc2)[nH]1)C(C)C. The molecule has 48 heavy (non-hydrogen) atoms. The second-order valence-corrected chi connectivity index (χ2v) is 14.9. The van der Waals surface area contributed by atoms with Gasteiger partial charge in [-0.25, -0.2) is 9.78 Å². The molecule has 1 aromatic heterocycles. The lowest BCUT2D eigenvalue weighted by Crippen LogP contribution is -2.51. The molecule has 11 heteroatoms. The number of likely N-dealkylation sites (N-methyl/N-ethyl adjacent to an activating group) is 1. The largest absolute Gasteiger partial charge is 0.495 e. The highest BCUT2D eigenvalue weighted by atomic mass is 16.7. The monoisotopic (exact) mass is 651 g/mol. The molecular weight excluding hydrogens is 605 g/mol. The first kappa shape index (κ1) is 32.6. The Bertz CT molecular complexity index is 1750. The number of nitrogens with one attached hydrogen (secondary N) is 2. The van der Waals surface area contributed by atoms with Gasteiger partial charge in [-0.3, -0.25) is 9.69 Å². The maximum atomic E-state index is 13.6. The topological polar surface area (TPSA) is 109 Å². The summed E-state index contributed by atoms with van der Waals surface area (Å²) in [7, 11) is 3.07. The van der Waals surface area contributed by atoms with E-state index in [1.807, 2.05) is 24.9 Å². The average molecular weight is 652 g/mol. The Morgan fingerprint density at radius 1 is 1.00 bits per heavy atom. The fourth-order valence-electron chi connectivity index (χ4n) is 7.66. The van der Waals surface area contributed by atoms with E-state index in [1.165, 1.54) is 23.8 Å². The number of likely N-dealkylation sites (tertiary alicyclic amines) is 1. The summed E-state index contributed by atoms with van der Waals surface area (Å²) in [6.07, 6.45) is 7.50. The van der Waals surface area contributed by atoms with Gasteiger partial charge in [0.2, 0.25) is 5.91 Å². The van der Waals surface area contributed by atoms with Crippen LogP contribution in [0.15, 0.2) is 54.7 Å². The third-order valence-electron chi connectivity index (χ3n) is 11.1. The van der Waals surface area contributed by atoms with Gasteiger partial charge in [0, 0.05) is 6.54 Å². The Labute approximate surface area is 283 Å². The Morgan fingerprint density at radius 2 is 1.65 bits per heavy atom. The van der Waals surface area contributed by atoms with Crippen molar-refractivity contribution in [3.05, 3.63) is 71.7 Å². The van der Waals surface area contributed by atoms with Crippen LogP contribution in [-0.4, -0.2) is 76.8 Å². The Balaban J connectivity index is 1.14. The number of fused-ring (bicyclic) bond motifs is 5. The van der Waals surface area contributed by atoms with Crippen molar-refractivity contribution >= 4 is 24.6 Å². The zero-order valence-electron chi connectivity index (χ0n) is 29.2. The number of carbonyl (C=O) groups excluding carboxylic acids is 2. The maximum absolute atomic E-state index is 13.6. The van der Waals surface area contributed by atoms with Crippen LogP contribution < -0.4 is 10.8 Å². The molecule has 2 saturated heterocycles. The summed E-state index contributed by atoms with van der Waals surface area (Å²) in [5.74, 6) is 0.546. The molecule has 0 spiro atoms. The molecule has 0 radical (unpaired) electrons. The Morgan fingerprint density at radius 3 is 2.29 bits per heavy atom. The number of aromatic amines is 1. The minimum atomic E-state index is -0.669. The standard InChI is InChI=1S/C37H46BN5O5/c1-21(2)32(41-35(45)46-8)34(44)43-19-9-10-29(43)33-39-20-26(40-33)23-13-11-22(12-14-23)24-15-16-25(38-47-36(3,4)37(5,6)48-38)31-28-18-17-27(30(24)31)42(28)7/h11-18,20-21,27-29,32H,9-10,19H2,1-8H3,(H,39,40)(H,41,45)/t27?,28?,29-,32-/m0/s1. The van der Waals surface area contributed by atoms with Gasteiger partial charge in [0.25, 0.3) is 0 Å². The van der Waals surface area contributed by atoms with Crippen LogP contribution >= 0.6 is 0 Å². The third kappa shape index (κ3) is 5.27. The van der Waals surface area contributed by atoms with Gasteiger partial charge in [-0.05, 0) is 86.8 Å². The average Bonchev–Trinajstić information content (AvgIpc) is 3.88. The summed E-state index contributed by atoms with van der Waals surface area (Å²) in [5, 5.41) is 2.71. The summed E-state index contributed by atoms with van der Waals surface area (Å²) in [5.41, 5.74) is 7.18. The molecule has 0 saturated carbocycles. The van der Waals surface area contributed by atoms with Crippen molar-refractivity contribution in [2.24, 2.45) is 5.92 Å². The number of carbonyl (C=O) groups is 2. The van der Waals surface area contributed by atoms with E-state index >= 15 is 0 Å². The van der Waals surface area contributed by atoms with Gasteiger partial charge >= 0.3 is 13.2 Å². The molecule has 7 rings (SSSR count). The highest BCUT2D eigenvalue weighted by molar-refractivity contribution is 6.62. The van der Waals surface area contributed by atoms with Gasteiger partial charge in [-0.15, -0.1) is 0 Å². The van der Waals surface area contributed by atoms with Crippen LogP contribution in [0, 0.1) is 5.92 Å². The molecule has 252 valence electrons. The number of aromatic nitrogens is 2. The molecule has 4 aliphatic rings. The minimum Gasteiger partial charge on any atom is -0.453 e. The second kappa shape index (κ2) is 11.9. The van der Waals surface area contributed by atoms with Gasteiger partial charge in [0.05, 0.1) is 48.3 Å². The fourth-order valence-corrected chi connectivity index (χ4v) is 7.66. The molecule has 2 N–H and O–H groups in total. The van der Waals surface area contributed by atoms with E-state index < -0.39 is 30.5 Å².